The van der Waals surface area contributed by atoms with Crippen LogP contribution in [0.25, 0.3) is 22.2 Å². The molecule has 1 N–H and O–H groups in total. The number of benzene rings is 3. The van der Waals surface area contributed by atoms with Crippen LogP contribution in [-0.4, -0.2) is 73.9 Å². The number of ether oxygens (including phenoxy) is 1. The summed E-state index contributed by atoms with van der Waals surface area (Å²) in [6.07, 6.45) is 1.57. The lowest BCUT2D eigenvalue weighted by molar-refractivity contribution is 0.116. The van der Waals surface area contributed by atoms with Gasteiger partial charge < -0.3 is 28.6 Å². The van der Waals surface area contributed by atoms with Crippen LogP contribution in [0.4, 0.5) is 10.5 Å². The van der Waals surface area contributed by atoms with Gasteiger partial charge in [-0.2, -0.15) is 0 Å². The van der Waals surface area contributed by atoms with E-state index in [4.69, 9.17) is 14.1 Å². The Morgan fingerprint density at radius 1 is 0.926 bits per heavy atom. The summed E-state index contributed by atoms with van der Waals surface area (Å²) in [6.45, 7) is 19.4. The number of methoxy groups -OCH3 is 1. The number of halogens is 1. The number of aromatic nitrogens is 2. The van der Waals surface area contributed by atoms with Crippen LogP contribution < -0.4 is 15.3 Å². The van der Waals surface area contributed by atoms with E-state index in [1.165, 1.54) is 31.7 Å². The van der Waals surface area contributed by atoms with Gasteiger partial charge in [-0.1, -0.05) is 111 Å². The Kier molecular flexibility index (Phi) is 11.8. The average Bonchev–Trinajstić information content (AvgIpc) is 3.45. The van der Waals surface area contributed by atoms with Gasteiger partial charge in [0.05, 0.1) is 29.4 Å². The highest BCUT2D eigenvalue weighted by Gasteiger charge is 2.51. The number of fused-ring (bicyclic) bond motifs is 1. The van der Waals surface area contributed by atoms with Crippen molar-refractivity contribution >= 4 is 57.3 Å². The van der Waals surface area contributed by atoms with Crippen LogP contribution in [0.3, 0.4) is 0 Å². The number of amides is 1. The number of hydrogen-bond donors (Lipinski definition) is 1. The zero-order chi connectivity index (χ0) is 38.8. The zero-order valence-electron chi connectivity index (χ0n) is 33.0. The summed E-state index contributed by atoms with van der Waals surface area (Å²) in [5.41, 5.74) is 6.20. The molecule has 1 amide bonds. The third kappa shape index (κ3) is 7.76. The van der Waals surface area contributed by atoms with Gasteiger partial charge in [0.25, 0.3) is 8.32 Å². The monoisotopic (exact) mass is 810 g/mol. The number of carbonyl (C=O) groups is 1. The zero-order valence-corrected chi connectivity index (χ0v) is 35.6. The molecule has 5 aromatic rings. The molecular weight excluding hydrogens is 756 g/mol. The maximum absolute atomic E-state index is 11.7. The van der Waals surface area contributed by atoms with E-state index in [1.807, 2.05) is 13.1 Å². The number of carboxylic acid groups (broad SMARTS) is 1. The molecule has 0 aliphatic carbocycles. The molecule has 8 nitrogen and oxygen atoms in total. The second kappa shape index (κ2) is 16.0. The van der Waals surface area contributed by atoms with E-state index < -0.39 is 14.4 Å². The molecule has 1 fully saturated rings. The largest absolute Gasteiger partial charge is 0.465 e. The molecule has 54 heavy (non-hydrogen) atoms. The summed E-state index contributed by atoms with van der Waals surface area (Å²) in [5, 5.41) is 13.2. The maximum atomic E-state index is 11.7. The fourth-order valence-electron chi connectivity index (χ4n) is 8.22. The molecule has 0 saturated carbocycles. The summed E-state index contributed by atoms with van der Waals surface area (Å²) >= 11 is 3.80. The molecule has 0 unspecified atom stereocenters. The SMILES string of the molecule is CCn1c(-c2cc(N3CCN(C(=O)O)CC3)cnc2[C@H](C)OC)c(CC(C)(C)CO[Si](c2ccccc2)(c2ccccc2)C(C)(C)C)c2cc(Br)ccc21. The molecule has 286 valence electrons. The van der Waals surface area contributed by atoms with E-state index in [0.717, 1.165) is 40.1 Å². The van der Waals surface area contributed by atoms with Crippen molar-refractivity contribution in [1.82, 2.24) is 14.5 Å². The van der Waals surface area contributed by atoms with E-state index in [1.54, 1.807) is 7.11 Å². The molecular formula is C44H55BrN4O4Si. The van der Waals surface area contributed by atoms with Gasteiger partial charge in [-0.25, -0.2) is 4.79 Å². The van der Waals surface area contributed by atoms with Crippen molar-refractivity contribution < 1.29 is 19.1 Å². The number of anilines is 1. The fourth-order valence-corrected chi connectivity index (χ4v) is 13.3. The summed E-state index contributed by atoms with van der Waals surface area (Å²) < 4.78 is 17.0. The molecule has 1 saturated heterocycles. The quantitative estimate of drug-likeness (QED) is 0.127. The highest BCUT2D eigenvalue weighted by molar-refractivity contribution is 9.10. The molecule has 1 aliphatic heterocycles. The van der Waals surface area contributed by atoms with Gasteiger partial charge in [0.2, 0.25) is 0 Å². The van der Waals surface area contributed by atoms with Gasteiger partial charge in [0.15, 0.2) is 0 Å². The number of aryl methyl sites for hydroxylation is 1. The van der Waals surface area contributed by atoms with Crippen LogP contribution in [-0.2, 0) is 22.1 Å². The molecule has 1 atom stereocenters. The van der Waals surface area contributed by atoms with Crippen LogP contribution in [0.15, 0.2) is 95.6 Å². The number of pyridine rings is 1. The lowest BCUT2D eigenvalue weighted by Gasteiger charge is -2.44. The molecule has 0 spiro atoms. The first kappa shape index (κ1) is 39.7. The second-order valence-electron chi connectivity index (χ2n) is 16.3. The molecule has 0 radical (unpaired) electrons. The third-order valence-corrected chi connectivity index (χ3v) is 16.5. The molecule has 2 aromatic heterocycles. The number of piperazine rings is 1. The van der Waals surface area contributed by atoms with Crippen molar-refractivity contribution in [1.29, 1.82) is 0 Å². The van der Waals surface area contributed by atoms with Gasteiger partial charge in [-0.05, 0) is 70.9 Å². The van der Waals surface area contributed by atoms with E-state index in [-0.39, 0.29) is 16.6 Å². The van der Waals surface area contributed by atoms with Crippen LogP contribution >= 0.6 is 15.9 Å². The fraction of sp³-hybridized carbons (Fsp3) is 0.409. The molecule has 6 rings (SSSR count). The second-order valence-corrected chi connectivity index (χ2v) is 21.5. The Morgan fingerprint density at radius 2 is 1.54 bits per heavy atom. The lowest BCUT2D eigenvalue weighted by Crippen LogP contribution is -2.67. The third-order valence-electron chi connectivity index (χ3n) is 11.0. The van der Waals surface area contributed by atoms with Crippen molar-refractivity contribution in [3.05, 3.63) is 107 Å². The van der Waals surface area contributed by atoms with E-state index in [2.05, 4.69) is 152 Å². The Hall–Kier alpha value is -3.96. The van der Waals surface area contributed by atoms with Gasteiger partial charge >= 0.3 is 6.09 Å². The van der Waals surface area contributed by atoms with Crippen LogP contribution in [0.1, 0.15) is 65.8 Å². The van der Waals surface area contributed by atoms with Crippen LogP contribution in [0.2, 0.25) is 5.04 Å². The molecule has 10 heteroatoms. The summed E-state index contributed by atoms with van der Waals surface area (Å²) in [5.74, 6) is 0. The maximum Gasteiger partial charge on any atom is 0.407 e. The van der Waals surface area contributed by atoms with E-state index >= 15 is 0 Å². The van der Waals surface area contributed by atoms with Crippen LogP contribution in [0, 0.1) is 5.41 Å². The minimum atomic E-state index is -2.77. The molecule has 0 bridgehead atoms. The Labute approximate surface area is 330 Å². The van der Waals surface area contributed by atoms with Crippen molar-refractivity contribution in [3.63, 3.8) is 0 Å². The van der Waals surface area contributed by atoms with Gasteiger partial charge in [0, 0.05) is 67.4 Å². The number of nitrogens with zero attached hydrogens (tertiary/aromatic N) is 4. The van der Waals surface area contributed by atoms with E-state index in [9.17, 15) is 9.90 Å². The summed E-state index contributed by atoms with van der Waals surface area (Å²) in [6, 6.07) is 30.6. The minimum absolute atomic E-state index is 0.132. The first-order valence-electron chi connectivity index (χ1n) is 19.0. The summed E-state index contributed by atoms with van der Waals surface area (Å²) in [4.78, 5) is 20.5. The van der Waals surface area contributed by atoms with Crippen molar-refractivity contribution in [2.45, 2.75) is 72.6 Å². The topological polar surface area (TPSA) is 80.1 Å². The highest BCUT2D eigenvalue weighted by Crippen LogP contribution is 2.44. The van der Waals surface area contributed by atoms with Crippen molar-refractivity contribution in [2.75, 3.05) is 44.8 Å². The normalized spacial score (nSPS) is 14.8. The number of hydrogen-bond acceptors (Lipinski definition) is 5. The molecule has 3 heterocycles. The Morgan fingerprint density at radius 3 is 2.07 bits per heavy atom. The first-order chi connectivity index (χ1) is 25.7. The molecule has 3 aromatic carbocycles. The van der Waals surface area contributed by atoms with Crippen molar-refractivity contribution in [3.8, 4) is 11.3 Å². The molecule has 1 aliphatic rings. The first-order valence-corrected chi connectivity index (χ1v) is 21.7. The van der Waals surface area contributed by atoms with Gasteiger partial charge in [-0.15, -0.1) is 0 Å². The van der Waals surface area contributed by atoms with Gasteiger partial charge in [-0.3, -0.25) is 4.98 Å². The number of rotatable bonds is 12. The summed E-state index contributed by atoms with van der Waals surface area (Å²) in [7, 11) is -1.04. The van der Waals surface area contributed by atoms with Gasteiger partial charge in [0.1, 0.15) is 0 Å². The standard InChI is InChI=1S/C44H55BrN4O4Si/c1-9-49-39-21-20-32(45)26-36(39)38(41(49)37-27-33(29-46-40(37)31(2)52-8)47-22-24-48(25-23-47)42(50)51)28-44(6,7)30-53-54(43(3,4)5,34-16-12-10-13-17-34)35-18-14-11-15-19-35/h10-21,26-27,29,31H,9,22-25,28,30H2,1-8H3,(H,50,51)/t31-/m0/s1. The lowest BCUT2D eigenvalue weighted by atomic mass is 9.84. The minimum Gasteiger partial charge on any atom is -0.465 e. The van der Waals surface area contributed by atoms with Crippen LogP contribution in [0.5, 0.6) is 0 Å². The predicted molar refractivity (Wildman–Crippen MR) is 227 cm³/mol. The average molecular weight is 812 g/mol. The predicted octanol–water partition coefficient (Wildman–Crippen LogP) is 9.14. The Bertz CT molecular complexity index is 2030. The van der Waals surface area contributed by atoms with E-state index in [0.29, 0.717) is 32.8 Å². The smallest absolute Gasteiger partial charge is 0.407 e. The van der Waals surface area contributed by atoms with Crippen molar-refractivity contribution in [2.24, 2.45) is 5.41 Å². The Balaban J connectivity index is 1.48. The highest BCUT2D eigenvalue weighted by atomic mass is 79.9.